The Bertz CT molecular complexity index is 1110. The number of ether oxygens (including phenoxy) is 3. The monoisotopic (exact) mass is 554 g/mol. The minimum atomic E-state index is -0.591. The average Bonchev–Trinajstić information content (AvgIpc) is 2.99. The first-order valence-electron chi connectivity index (χ1n) is 13.4. The fourth-order valence-corrected chi connectivity index (χ4v) is 4.17. The molecule has 2 aromatic rings. The zero-order chi connectivity index (χ0) is 28.7. The molecule has 3 rings (SSSR count). The van der Waals surface area contributed by atoms with Gasteiger partial charge in [0.15, 0.2) is 0 Å². The van der Waals surface area contributed by atoms with Crippen LogP contribution in [0.1, 0.15) is 30.9 Å². The standard InChI is InChI=1S/C29H38N4O7/c1-3-28(36)39-21-24-18-33(27(35)13-14-30-29(37)40-20-23-7-5-4-6-8-23)16-15-32(24)19-26(34)31-17-22-9-11-25(38-2)12-10-22/h4-12,24H,3,13-21H2,1-2H3,(H,30,37)(H,31,34). The number of piperazine rings is 1. The van der Waals surface area contributed by atoms with Crippen molar-refractivity contribution < 1.29 is 33.4 Å². The van der Waals surface area contributed by atoms with E-state index in [9.17, 15) is 19.2 Å². The van der Waals surface area contributed by atoms with Crippen molar-refractivity contribution >= 4 is 23.9 Å². The highest BCUT2D eigenvalue weighted by Gasteiger charge is 2.31. The molecular formula is C29H38N4O7. The Kier molecular flexibility index (Phi) is 12.2. The zero-order valence-electron chi connectivity index (χ0n) is 23.1. The van der Waals surface area contributed by atoms with Gasteiger partial charge in [0, 0.05) is 45.6 Å². The lowest BCUT2D eigenvalue weighted by Crippen LogP contribution is -2.58. The number of carbonyl (C=O) groups is 4. The fourth-order valence-electron chi connectivity index (χ4n) is 4.17. The van der Waals surface area contributed by atoms with Crippen LogP contribution in [0.3, 0.4) is 0 Å². The van der Waals surface area contributed by atoms with Crippen molar-refractivity contribution in [3.05, 3.63) is 65.7 Å². The molecule has 1 fully saturated rings. The summed E-state index contributed by atoms with van der Waals surface area (Å²) in [5.74, 6) is 0.0933. The van der Waals surface area contributed by atoms with Crippen LogP contribution in [-0.2, 0) is 37.0 Å². The van der Waals surface area contributed by atoms with Gasteiger partial charge >= 0.3 is 12.1 Å². The summed E-state index contributed by atoms with van der Waals surface area (Å²) >= 11 is 0. The minimum Gasteiger partial charge on any atom is -0.497 e. The van der Waals surface area contributed by atoms with E-state index in [0.717, 1.165) is 16.9 Å². The molecule has 0 bridgehead atoms. The molecule has 11 heteroatoms. The molecule has 2 N–H and O–H groups in total. The number of esters is 1. The number of nitrogens with one attached hydrogen (secondary N) is 2. The molecule has 1 heterocycles. The first kappa shape index (κ1) is 30.4. The van der Waals surface area contributed by atoms with E-state index >= 15 is 0 Å². The largest absolute Gasteiger partial charge is 0.497 e. The lowest BCUT2D eigenvalue weighted by Gasteiger charge is -2.40. The van der Waals surface area contributed by atoms with Crippen molar-refractivity contribution in [3.8, 4) is 5.75 Å². The predicted molar refractivity (Wildman–Crippen MR) is 147 cm³/mol. The Morgan fingerprint density at radius 1 is 0.925 bits per heavy atom. The number of hydrogen-bond acceptors (Lipinski definition) is 8. The summed E-state index contributed by atoms with van der Waals surface area (Å²) in [4.78, 5) is 52.9. The van der Waals surface area contributed by atoms with Gasteiger partial charge in [-0.05, 0) is 23.3 Å². The average molecular weight is 555 g/mol. The van der Waals surface area contributed by atoms with Crippen LogP contribution in [-0.4, -0.2) is 86.2 Å². The summed E-state index contributed by atoms with van der Waals surface area (Å²) in [5.41, 5.74) is 1.81. The maximum atomic E-state index is 12.9. The highest BCUT2D eigenvalue weighted by atomic mass is 16.5. The van der Waals surface area contributed by atoms with Gasteiger partial charge in [0.05, 0.1) is 19.7 Å². The summed E-state index contributed by atoms with van der Waals surface area (Å²) in [6.45, 7) is 3.72. The Balaban J connectivity index is 1.45. The van der Waals surface area contributed by atoms with Gasteiger partial charge in [0.2, 0.25) is 11.8 Å². The second kappa shape index (κ2) is 16.1. The Morgan fingerprint density at radius 3 is 2.38 bits per heavy atom. The van der Waals surface area contributed by atoms with Crippen LogP contribution in [0.25, 0.3) is 0 Å². The number of hydrogen-bond donors (Lipinski definition) is 2. The van der Waals surface area contributed by atoms with E-state index < -0.39 is 6.09 Å². The molecule has 0 aliphatic carbocycles. The van der Waals surface area contributed by atoms with E-state index in [1.54, 1.807) is 18.9 Å². The first-order valence-corrected chi connectivity index (χ1v) is 13.4. The van der Waals surface area contributed by atoms with Gasteiger partial charge in [-0.1, -0.05) is 49.4 Å². The number of rotatable bonds is 13. The van der Waals surface area contributed by atoms with Crippen LogP contribution in [0.5, 0.6) is 5.75 Å². The van der Waals surface area contributed by atoms with Crippen molar-refractivity contribution in [1.82, 2.24) is 20.4 Å². The van der Waals surface area contributed by atoms with Gasteiger partial charge in [-0.3, -0.25) is 19.3 Å². The molecule has 1 aliphatic heterocycles. The van der Waals surface area contributed by atoms with Crippen molar-refractivity contribution in [2.75, 3.05) is 46.4 Å². The van der Waals surface area contributed by atoms with Crippen LogP contribution in [0.15, 0.2) is 54.6 Å². The fraction of sp³-hybridized carbons (Fsp3) is 0.448. The second-order valence-electron chi connectivity index (χ2n) is 9.36. The molecule has 2 aromatic carbocycles. The Labute approximate surface area is 234 Å². The Hall–Kier alpha value is -4.12. The predicted octanol–water partition coefficient (Wildman–Crippen LogP) is 2.09. The van der Waals surface area contributed by atoms with Crippen molar-refractivity contribution in [2.45, 2.75) is 39.0 Å². The van der Waals surface area contributed by atoms with Crippen LogP contribution in [0.4, 0.5) is 4.79 Å². The van der Waals surface area contributed by atoms with E-state index in [1.165, 1.54) is 0 Å². The van der Waals surface area contributed by atoms with Gasteiger partial charge in [-0.15, -0.1) is 0 Å². The van der Waals surface area contributed by atoms with E-state index in [0.29, 0.717) is 26.2 Å². The van der Waals surface area contributed by atoms with Gasteiger partial charge in [0.1, 0.15) is 19.0 Å². The number of amides is 3. The number of alkyl carbamates (subject to hydrolysis) is 1. The summed E-state index contributed by atoms with van der Waals surface area (Å²) < 4.78 is 15.7. The van der Waals surface area contributed by atoms with E-state index in [4.69, 9.17) is 14.2 Å². The molecule has 1 saturated heterocycles. The molecule has 11 nitrogen and oxygen atoms in total. The second-order valence-corrected chi connectivity index (χ2v) is 9.36. The molecule has 40 heavy (non-hydrogen) atoms. The normalized spacial score (nSPS) is 15.2. The zero-order valence-corrected chi connectivity index (χ0v) is 23.1. The van der Waals surface area contributed by atoms with E-state index in [-0.39, 0.29) is 63.0 Å². The van der Waals surface area contributed by atoms with Crippen LogP contribution in [0, 0.1) is 0 Å². The molecular weight excluding hydrogens is 516 g/mol. The SMILES string of the molecule is CCC(=O)OCC1CN(C(=O)CCNC(=O)OCc2ccccc2)CCN1CC(=O)NCc1ccc(OC)cc1. The van der Waals surface area contributed by atoms with Gasteiger partial charge < -0.3 is 29.7 Å². The van der Waals surface area contributed by atoms with Gasteiger partial charge in [0.25, 0.3) is 0 Å². The van der Waals surface area contributed by atoms with Crippen LogP contribution < -0.4 is 15.4 Å². The molecule has 3 amide bonds. The summed E-state index contributed by atoms with van der Waals surface area (Å²) in [7, 11) is 1.60. The summed E-state index contributed by atoms with van der Waals surface area (Å²) in [6, 6.07) is 16.4. The lowest BCUT2D eigenvalue weighted by molar-refractivity contribution is -0.147. The first-order chi connectivity index (χ1) is 19.4. The smallest absolute Gasteiger partial charge is 0.407 e. The summed E-state index contributed by atoms with van der Waals surface area (Å²) in [6.07, 6.45) is -0.250. The lowest BCUT2D eigenvalue weighted by atomic mass is 10.1. The molecule has 0 spiro atoms. The molecule has 0 radical (unpaired) electrons. The molecule has 0 aromatic heterocycles. The summed E-state index contributed by atoms with van der Waals surface area (Å²) in [5, 5.41) is 5.51. The van der Waals surface area contributed by atoms with Crippen LogP contribution in [0.2, 0.25) is 0 Å². The number of nitrogens with zero attached hydrogens (tertiary/aromatic N) is 2. The van der Waals surface area contributed by atoms with E-state index in [1.807, 2.05) is 59.5 Å². The third kappa shape index (κ3) is 10.2. The van der Waals surface area contributed by atoms with Crippen molar-refractivity contribution in [3.63, 3.8) is 0 Å². The number of carbonyl (C=O) groups excluding carboxylic acids is 4. The molecule has 216 valence electrons. The molecule has 1 aliphatic rings. The maximum absolute atomic E-state index is 12.9. The molecule has 1 atom stereocenters. The minimum absolute atomic E-state index is 0.0757. The van der Waals surface area contributed by atoms with Crippen LogP contribution >= 0.6 is 0 Å². The topological polar surface area (TPSA) is 127 Å². The number of methoxy groups -OCH3 is 1. The highest BCUT2D eigenvalue weighted by molar-refractivity contribution is 5.79. The Morgan fingerprint density at radius 2 is 1.68 bits per heavy atom. The highest BCUT2D eigenvalue weighted by Crippen LogP contribution is 2.13. The van der Waals surface area contributed by atoms with E-state index in [2.05, 4.69) is 10.6 Å². The molecule has 1 unspecified atom stereocenters. The number of benzene rings is 2. The maximum Gasteiger partial charge on any atom is 0.407 e. The molecule has 0 saturated carbocycles. The quantitative estimate of drug-likeness (QED) is 0.361. The third-order valence-electron chi connectivity index (χ3n) is 6.50. The third-order valence-corrected chi connectivity index (χ3v) is 6.50. The van der Waals surface area contributed by atoms with Crippen molar-refractivity contribution in [2.24, 2.45) is 0 Å². The van der Waals surface area contributed by atoms with Gasteiger partial charge in [-0.2, -0.15) is 0 Å². The van der Waals surface area contributed by atoms with Gasteiger partial charge in [-0.25, -0.2) is 4.79 Å². The van der Waals surface area contributed by atoms with Crippen molar-refractivity contribution in [1.29, 1.82) is 0 Å².